The minimum atomic E-state index is -0.327. The summed E-state index contributed by atoms with van der Waals surface area (Å²) in [7, 11) is 0. The normalized spacial score (nSPS) is 12.3. The lowest BCUT2D eigenvalue weighted by molar-refractivity contribution is -0.116. The highest BCUT2D eigenvalue weighted by molar-refractivity contribution is 8.00. The molecule has 3 aromatic heterocycles. The van der Waals surface area contributed by atoms with E-state index in [9.17, 15) is 4.79 Å². The predicted molar refractivity (Wildman–Crippen MR) is 124 cm³/mol. The van der Waals surface area contributed by atoms with Crippen molar-refractivity contribution in [3.05, 3.63) is 61.1 Å². The number of anilines is 1. The van der Waals surface area contributed by atoms with Gasteiger partial charge in [0, 0.05) is 36.1 Å². The minimum absolute atomic E-state index is 0.0625. The quantitative estimate of drug-likeness (QED) is 0.427. The van der Waals surface area contributed by atoms with Gasteiger partial charge in [0.1, 0.15) is 0 Å². The van der Waals surface area contributed by atoms with E-state index in [1.165, 1.54) is 11.8 Å². The molecule has 0 saturated heterocycles. The van der Waals surface area contributed by atoms with E-state index in [-0.39, 0.29) is 17.1 Å². The molecule has 1 aromatic carbocycles. The van der Waals surface area contributed by atoms with E-state index in [0.29, 0.717) is 6.54 Å². The highest BCUT2D eigenvalue weighted by atomic mass is 32.2. The fraction of sp³-hybridized carbons (Fsp3) is 0.261. The number of benzene rings is 1. The van der Waals surface area contributed by atoms with E-state index in [4.69, 9.17) is 0 Å². The fourth-order valence-electron chi connectivity index (χ4n) is 3.40. The zero-order chi connectivity index (χ0) is 21.8. The molecule has 0 fully saturated rings. The number of nitrogens with zero attached hydrogens (tertiary/aromatic N) is 5. The third-order valence-electron chi connectivity index (χ3n) is 4.97. The average Bonchev–Trinajstić information content (AvgIpc) is 3.20. The van der Waals surface area contributed by atoms with Crippen molar-refractivity contribution in [3.8, 4) is 11.4 Å². The van der Waals surface area contributed by atoms with E-state index in [1.807, 2.05) is 67.8 Å². The Kier molecular flexibility index (Phi) is 6.27. The summed E-state index contributed by atoms with van der Waals surface area (Å²) in [6, 6.07) is 13.4. The highest BCUT2D eigenvalue weighted by Gasteiger charge is 2.27. The lowest BCUT2D eigenvalue weighted by Gasteiger charge is -2.20. The van der Waals surface area contributed by atoms with Gasteiger partial charge >= 0.3 is 0 Å². The largest absolute Gasteiger partial charge is 0.324 e. The molecule has 7 nitrogen and oxygen atoms in total. The van der Waals surface area contributed by atoms with Crippen molar-refractivity contribution in [1.82, 2.24) is 24.7 Å². The molecule has 0 spiro atoms. The maximum Gasteiger partial charge on any atom is 0.238 e. The molecule has 1 N–H and O–H groups in total. The molecule has 1 unspecified atom stereocenters. The Balaban J connectivity index is 1.60. The van der Waals surface area contributed by atoms with Gasteiger partial charge in [0.15, 0.2) is 11.0 Å². The first-order valence-electron chi connectivity index (χ1n) is 10.2. The molecular weight excluding hydrogens is 408 g/mol. The number of amides is 1. The van der Waals surface area contributed by atoms with Gasteiger partial charge in [-0.1, -0.05) is 31.7 Å². The van der Waals surface area contributed by atoms with Gasteiger partial charge in [-0.15, -0.1) is 10.2 Å². The van der Waals surface area contributed by atoms with Crippen LogP contribution in [0.15, 0.2) is 66.2 Å². The molecule has 8 heteroatoms. The van der Waals surface area contributed by atoms with Gasteiger partial charge in [0.05, 0.1) is 16.5 Å². The minimum Gasteiger partial charge on any atom is -0.324 e. The first-order valence-corrected chi connectivity index (χ1v) is 11.1. The van der Waals surface area contributed by atoms with Crippen LogP contribution in [0.4, 0.5) is 5.69 Å². The third kappa shape index (κ3) is 4.44. The Morgan fingerprint density at radius 3 is 2.61 bits per heavy atom. The number of pyridine rings is 2. The van der Waals surface area contributed by atoms with Crippen molar-refractivity contribution < 1.29 is 4.79 Å². The van der Waals surface area contributed by atoms with Crippen LogP contribution in [0.25, 0.3) is 22.3 Å². The standard InChI is InChI=1S/C23H24N6OS/c1-4-29-21(16-10-13-24-14-11-16)27-28-23(29)31-20(15(2)3)22(30)26-19-9-5-8-18-17(19)7-6-12-25-18/h5-15,20H,4H2,1-3H3,(H,26,30). The monoisotopic (exact) mass is 432 g/mol. The predicted octanol–water partition coefficient (Wildman–Crippen LogP) is 4.66. The highest BCUT2D eigenvalue weighted by Crippen LogP contribution is 2.31. The SMILES string of the molecule is CCn1c(SC(C(=O)Nc2cccc3ncccc23)C(C)C)nnc1-c1ccncc1. The van der Waals surface area contributed by atoms with Crippen LogP contribution in [0.2, 0.25) is 0 Å². The van der Waals surface area contributed by atoms with Crippen molar-refractivity contribution in [2.24, 2.45) is 5.92 Å². The van der Waals surface area contributed by atoms with Gasteiger partial charge in [-0.05, 0) is 49.2 Å². The van der Waals surface area contributed by atoms with Crippen LogP contribution in [0.5, 0.6) is 0 Å². The van der Waals surface area contributed by atoms with Crippen LogP contribution in [-0.4, -0.2) is 35.9 Å². The average molecular weight is 433 g/mol. The van der Waals surface area contributed by atoms with Gasteiger partial charge < -0.3 is 9.88 Å². The molecule has 0 aliphatic rings. The molecule has 158 valence electrons. The number of aromatic nitrogens is 5. The second-order valence-electron chi connectivity index (χ2n) is 7.43. The van der Waals surface area contributed by atoms with Crippen LogP contribution in [0, 0.1) is 5.92 Å². The van der Waals surface area contributed by atoms with E-state index in [0.717, 1.165) is 33.1 Å². The summed E-state index contributed by atoms with van der Waals surface area (Å²) in [6.45, 7) is 6.83. The van der Waals surface area contributed by atoms with E-state index in [1.54, 1.807) is 18.6 Å². The Morgan fingerprint density at radius 2 is 1.87 bits per heavy atom. The van der Waals surface area contributed by atoms with Gasteiger partial charge in [0.2, 0.25) is 5.91 Å². The van der Waals surface area contributed by atoms with Crippen molar-refractivity contribution in [3.63, 3.8) is 0 Å². The fourth-order valence-corrected chi connectivity index (χ4v) is 4.49. The zero-order valence-corrected chi connectivity index (χ0v) is 18.5. The summed E-state index contributed by atoms with van der Waals surface area (Å²) >= 11 is 1.44. The second kappa shape index (κ2) is 9.26. The summed E-state index contributed by atoms with van der Waals surface area (Å²) < 4.78 is 2.03. The molecule has 3 heterocycles. The van der Waals surface area contributed by atoms with Gasteiger partial charge in [-0.3, -0.25) is 14.8 Å². The van der Waals surface area contributed by atoms with Crippen LogP contribution >= 0.6 is 11.8 Å². The Labute approximate surface area is 185 Å². The molecule has 0 aliphatic heterocycles. The molecule has 0 saturated carbocycles. The Hall–Kier alpha value is -3.26. The zero-order valence-electron chi connectivity index (χ0n) is 17.7. The maximum absolute atomic E-state index is 13.3. The number of nitrogens with one attached hydrogen (secondary N) is 1. The number of hydrogen-bond donors (Lipinski definition) is 1. The van der Waals surface area contributed by atoms with E-state index in [2.05, 4.69) is 25.5 Å². The summed E-state index contributed by atoms with van der Waals surface area (Å²) in [5.41, 5.74) is 2.56. The van der Waals surface area contributed by atoms with Crippen LogP contribution in [0.1, 0.15) is 20.8 Å². The molecule has 1 atom stereocenters. The number of rotatable bonds is 7. The lowest BCUT2D eigenvalue weighted by atomic mass is 10.1. The van der Waals surface area contributed by atoms with Crippen molar-refractivity contribution in [2.45, 2.75) is 37.7 Å². The molecule has 0 bridgehead atoms. The summed E-state index contributed by atoms with van der Waals surface area (Å²) in [5, 5.41) is 13.2. The van der Waals surface area contributed by atoms with Crippen molar-refractivity contribution >= 4 is 34.3 Å². The van der Waals surface area contributed by atoms with Crippen LogP contribution in [0.3, 0.4) is 0 Å². The maximum atomic E-state index is 13.3. The number of carbonyl (C=O) groups is 1. The molecule has 31 heavy (non-hydrogen) atoms. The second-order valence-corrected chi connectivity index (χ2v) is 8.54. The molecule has 4 rings (SSSR count). The molecule has 0 radical (unpaired) electrons. The van der Waals surface area contributed by atoms with Crippen molar-refractivity contribution in [2.75, 3.05) is 5.32 Å². The molecular formula is C23H24N6OS. The third-order valence-corrected chi connectivity index (χ3v) is 6.50. The van der Waals surface area contributed by atoms with Crippen LogP contribution in [-0.2, 0) is 11.3 Å². The Morgan fingerprint density at radius 1 is 1.06 bits per heavy atom. The summed E-state index contributed by atoms with van der Waals surface area (Å²) in [5.74, 6) is 0.812. The van der Waals surface area contributed by atoms with Gasteiger partial charge in [-0.2, -0.15) is 0 Å². The Bertz CT molecular complexity index is 1190. The first kappa shape index (κ1) is 21.0. The van der Waals surface area contributed by atoms with Gasteiger partial charge in [0.25, 0.3) is 0 Å². The molecule has 1 amide bonds. The van der Waals surface area contributed by atoms with Gasteiger partial charge in [-0.25, -0.2) is 0 Å². The lowest BCUT2D eigenvalue weighted by Crippen LogP contribution is -2.30. The summed E-state index contributed by atoms with van der Waals surface area (Å²) in [4.78, 5) is 21.7. The smallest absolute Gasteiger partial charge is 0.238 e. The number of fused-ring (bicyclic) bond motifs is 1. The number of thioether (sulfide) groups is 1. The van der Waals surface area contributed by atoms with Crippen LogP contribution < -0.4 is 5.32 Å². The summed E-state index contributed by atoms with van der Waals surface area (Å²) in [6.07, 6.45) is 5.22. The topological polar surface area (TPSA) is 85.6 Å². The molecule has 0 aliphatic carbocycles. The van der Waals surface area contributed by atoms with E-state index >= 15 is 0 Å². The number of hydrogen-bond acceptors (Lipinski definition) is 6. The first-order chi connectivity index (χ1) is 15.1. The van der Waals surface area contributed by atoms with E-state index < -0.39 is 0 Å². The van der Waals surface area contributed by atoms with Crippen molar-refractivity contribution in [1.29, 1.82) is 0 Å². The number of carbonyl (C=O) groups excluding carboxylic acids is 1. The molecule has 4 aromatic rings.